The molecule has 0 unspecified atom stereocenters. The van der Waals surface area contributed by atoms with Crippen LogP contribution in [0.25, 0.3) is 0 Å². The molecule has 0 aliphatic carbocycles. The highest BCUT2D eigenvalue weighted by Crippen LogP contribution is 2.25. The van der Waals surface area contributed by atoms with Crippen molar-refractivity contribution in [3.8, 4) is 0 Å². The van der Waals surface area contributed by atoms with E-state index in [4.69, 9.17) is 0 Å². The first-order chi connectivity index (χ1) is 5.82. The van der Waals surface area contributed by atoms with Gasteiger partial charge in [0, 0.05) is 14.7 Å². The molecule has 0 N–H and O–H groups in total. The third-order valence-corrected chi connectivity index (χ3v) is 4.09. The normalized spacial score (nSPS) is 11.8. The molecule has 0 spiro atoms. The maximum atomic E-state index is 4.59. The van der Waals surface area contributed by atoms with Crippen LogP contribution in [0.1, 0.15) is 32.0 Å². The third kappa shape index (κ3) is 2.78. The molecular formula is C10H13I2N. The van der Waals surface area contributed by atoms with Gasteiger partial charge in [-0.2, -0.15) is 0 Å². The summed E-state index contributed by atoms with van der Waals surface area (Å²) in [6.45, 7) is 8.69. The Morgan fingerprint density at radius 1 is 1.23 bits per heavy atom. The molecule has 1 aromatic rings. The van der Waals surface area contributed by atoms with E-state index in [2.05, 4.69) is 83.9 Å². The molecule has 0 atom stereocenters. The van der Waals surface area contributed by atoms with Gasteiger partial charge in [-0.3, -0.25) is 0 Å². The molecule has 1 aromatic heterocycles. The Bertz CT molecular complexity index is 303. The van der Waals surface area contributed by atoms with Gasteiger partial charge in [0.25, 0.3) is 0 Å². The lowest BCUT2D eigenvalue weighted by molar-refractivity contribution is 0.566. The largest absolute Gasteiger partial charge is 0.246 e. The zero-order valence-electron chi connectivity index (χ0n) is 8.28. The summed E-state index contributed by atoms with van der Waals surface area (Å²) in [6.07, 6.45) is 0. The van der Waals surface area contributed by atoms with Crippen molar-refractivity contribution in [2.75, 3.05) is 0 Å². The molecular weight excluding hydrogens is 388 g/mol. The fraction of sp³-hybridized carbons (Fsp3) is 0.500. The molecule has 72 valence electrons. The Morgan fingerprint density at radius 2 is 1.77 bits per heavy atom. The van der Waals surface area contributed by atoms with E-state index >= 15 is 0 Å². The van der Waals surface area contributed by atoms with Gasteiger partial charge in [-0.15, -0.1) is 0 Å². The second kappa shape index (κ2) is 4.00. The molecule has 0 aliphatic heterocycles. The SMILES string of the molecule is Cc1c(I)cc(C(C)(C)C)nc1I. The van der Waals surface area contributed by atoms with Crippen LogP contribution < -0.4 is 0 Å². The van der Waals surface area contributed by atoms with E-state index in [1.165, 1.54) is 14.8 Å². The molecule has 0 saturated heterocycles. The van der Waals surface area contributed by atoms with E-state index in [1.54, 1.807) is 0 Å². The van der Waals surface area contributed by atoms with Crippen LogP contribution in [0, 0.1) is 14.2 Å². The number of nitrogens with zero attached hydrogens (tertiary/aromatic N) is 1. The standard InChI is InChI=1S/C10H13I2N/c1-6-7(11)5-8(10(2,3)4)13-9(6)12/h5H,1-4H3. The van der Waals surface area contributed by atoms with Crippen molar-refractivity contribution in [2.24, 2.45) is 0 Å². The number of pyridine rings is 1. The molecule has 1 heterocycles. The molecule has 13 heavy (non-hydrogen) atoms. The number of hydrogen-bond donors (Lipinski definition) is 0. The number of halogens is 2. The van der Waals surface area contributed by atoms with Crippen LogP contribution >= 0.6 is 45.2 Å². The summed E-state index contributed by atoms with van der Waals surface area (Å²) in [4.78, 5) is 4.59. The van der Waals surface area contributed by atoms with Gasteiger partial charge in [-0.25, -0.2) is 4.98 Å². The summed E-state index contributed by atoms with van der Waals surface area (Å²) in [7, 11) is 0. The first kappa shape index (κ1) is 11.7. The Balaban J connectivity index is 3.29. The van der Waals surface area contributed by atoms with Gasteiger partial charge in [0.1, 0.15) is 3.70 Å². The van der Waals surface area contributed by atoms with Crippen molar-refractivity contribution in [1.82, 2.24) is 4.98 Å². The highest BCUT2D eigenvalue weighted by atomic mass is 127. The molecule has 0 bridgehead atoms. The van der Waals surface area contributed by atoms with E-state index in [-0.39, 0.29) is 5.41 Å². The Hall–Kier alpha value is 0.610. The van der Waals surface area contributed by atoms with Crippen LogP contribution in [-0.4, -0.2) is 4.98 Å². The molecule has 0 saturated carbocycles. The third-order valence-electron chi connectivity index (χ3n) is 1.92. The minimum absolute atomic E-state index is 0.146. The van der Waals surface area contributed by atoms with Gasteiger partial charge in [0.05, 0.1) is 0 Å². The molecule has 1 nitrogen and oxygen atoms in total. The van der Waals surface area contributed by atoms with Crippen LogP contribution in [0.15, 0.2) is 6.07 Å². The predicted molar refractivity (Wildman–Crippen MR) is 73.1 cm³/mol. The predicted octanol–water partition coefficient (Wildman–Crippen LogP) is 3.90. The molecule has 0 fully saturated rings. The van der Waals surface area contributed by atoms with Gasteiger partial charge in [0.15, 0.2) is 0 Å². The van der Waals surface area contributed by atoms with E-state index in [0.717, 1.165) is 3.70 Å². The summed E-state index contributed by atoms with van der Waals surface area (Å²) in [5.41, 5.74) is 2.61. The van der Waals surface area contributed by atoms with Crippen molar-refractivity contribution in [1.29, 1.82) is 0 Å². The highest BCUT2D eigenvalue weighted by Gasteiger charge is 2.17. The topological polar surface area (TPSA) is 12.9 Å². The maximum absolute atomic E-state index is 4.59. The zero-order valence-corrected chi connectivity index (χ0v) is 12.6. The smallest absolute Gasteiger partial charge is 0.105 e. The second-order valence-electron chi connectivity index (χ2n) is 4.16. The number of aromatic nitrogens is 1. The van der Waals surface area contributed by atoms with Gasteiger partial charge in [0.2, 0.25) is 0 Å². The van der Waals surface area contributed by atoms with Crippen LogP contribution in [0.2, 0.25) is 0 Å². The minimum atomic E-state index is 0.146. The minimum Gasteiger partial charge on any atom is -0.246 e. The molecule has 0 aromatic carbocycles. The molecule has 1 rings (SSSR count). The maximum Gasteiger partial charge on any atom is 0.105 e. The summed E-state index contributed by atoms with van der Waals surface area (Å²) in [5, 5.41) is 0. The summed E-state index contributed by atoms with van der Waals surface area (Å²) in [6, 6.07) is 2.18. The molecule has 0 aliphatic rings. The fourth-order valence-electron chi connectivity index (χ4n) is 0.933. The van der Waals surface area contributed by atoms with Crippen LogP contribution in [0.3, 0.4) is 0 Å². The van der Waals surface area contributed by atoms with Crippen molar-refractivity contribution in [3.05, 3.63) is 24.6 Å². The molecule has 3 heteroatoms. The second-order valence-corrected chi connectivity index (χ2v) is 6.34. The van der Waals surface area contributed by atoms with Crippen molar-refractivity contribution >= 4 is 45.2 Å². The van der Waals surface area contributed by atoms with Gasteiger partial charge in [-0.05, 0) is 63.7 Å². The van der Waals surface area contributed by atoms with Crippen molar-refractivity contribution in [3.63, 3.8) is 0 Å². The first-order valence-corrected chi connectivity index (χ1v) is 6.31. The van der Waals surface area contributed by atoms with E-state index < -0.39 is 0 Å². The summed E-state index contributed by atoms with van der Waals surface area (Å²) in [5.74, 6) is 0. The Morgan fingerprint density at radius 3 is 2.15 bits per heavy atom. The lowest BCUT2D eigenvalue weighted by Gasteiger charge is -2.19. The van der Waals surface area contributed by atoms with Crippen molar-refractivity contribution in [2.45, 2.75) is 33.1 Å². The van der Waals surface area contributed by atoms with Gasteiger partial charge in [-0.1, -0.05) is 20.8 Å². The lowest BCUT2D eigenvalue weighted by atomic mass is 9.91. The number of rotatable bonds is 0. The van der Waals surface area contributed by atoms with Crippen LogP contribution in [-0.2, 0) is 5.41 Å². The van der Waals surface area contributed by atoms with E-state index in [9.17, 15) is 0 Å². The van der Waals surface area contributed by atoms with Crippen molar-refractivity contribution < 1.29 is 0 Å². The van der Waals surface area contributed by atoms with Gasteiger partial charge >= 0.3 is 0 Å². The van der Waals surface area contributed by atoms with Gasteiger partial charge < -0.3 is 0 Å². The average Bonchev–Trinajstić information content (AvgIpc) is 1.97. The zero-order chi connectivity index (χ0) is 10.2. The van der Waals surface area contributed by atoms with E-state index in [0.29, 0.717) is 0 Å². The Labute approximate surface area is 107 Å². The summed E-state index contributed by atoms with van der Waals surface area (Å²) >= 11 is 4.67. The summed E-state index contributed by atoms with van der Waals surface area (Å²) < 4.78 is 2.43. The Kier molecular flexibility index (Phi) is 3.60. The highest BCUT2D eigenvalue weighted by molar-refractivity contribution is 14.1. The molecule has 0 radical (unpaired) electrons. The average molecular weight is 401 g/mol. The molecule has 0 amide bonds. The van der Waals surface area contributed by atoms with E-state index in [1.807, 2.05) is 0 Å². The quantitative estimate of drug-likeness (QED) is 0.475. The van der Waals surface area contributed by atoms with Crippen LogP contribution in [0.5, 0.6) is 0 Å². The van der Waals surface area contributed by atoms with Crippen LogP contribution in [0.4, 0.5) is 0 Å². The first-order valence-electron chi connectivity index (χ1n) is 4.15. The number of hydrogen-bond acceptors (Lipinski definition) is 1. The monoisotopic (exact) mass is 401 g/mol. The lowest BCUT2D eigenvalue weighted by Crippen LogP contribution is -2.15. The fourth-order valence-corrected chi connectivity index (χ4v) is 2.55.